The van der Waals surface area contributed by atoms with Crippen molar-refractivity contribution in [2.45, 2.75) is 13.8 Å². The Bertz CT molecular complexity index is 739. The summed E-state index contributed by atoms with van der Waals surface area (Å²) in [5.74, 6) is -4.54. The number of amides is 1. The maximum atomic E-state index is 13.0. The molecule has 1 saturated heterocycles. The van der Waals surface area contributed by atoms with Crippen molar-refractivity contribution in [2.24, 2.45) is 5.92 Å². The van der Waals surface area contributed by atoms with E-state index in [4.69, 9.17) is 0 Å². The molecule has 0 aliphatic carbocycles. The van der Waals surface area contributed by atoms with E-state index in [0.29, 0.717) is 13.1 Å². The van der Waals surface area contributed by atoms with Crippen molar-refractivity contribution < 1.29 is 84.3 Å². The summed E-state index contributed by atoms with van der Waals surface area (Å²) in [6, 6.07) is 0. The molecule has 0 aromatic heterocycles. The Morgan fingerprint density at radius 1 is 0.595 bits per heavy atom. The zero-order valence-electron chi connectivity index (χ0n) is 21.4. The molecule has 4 N–H and O–H groups in total. The molecule has 0 saturated carbocycles. The molecule has 1 fully saturated rings. The minimum Gasteiger partial charge on any atom is -0.480 e. The first-order valence-corrected chi connectivity index (χ1v) is 11.9. The fourth-order valence-electron chi connectivity index (χ4n) is 3.93. The summed E-state index contributed by atoms with van der Waals surface area (Å²) in [6.45, 7) is 4.99. The third kappa shape index (κ3) is 16.9. The van der Waals surface area contributed by atoms with Crippen molar-refractivity contribution in [2.75, 3.05) is 91.6 Å². The van der Waals surface area contributed by atoms with Crippen LogP contribution in [0.3, 0.4) is 0 Å². The Kier molecular flexibility index (Phi) is 18.0. The van der Waals surface area contributed by atoms with Crippen molar-refractivity contribution in [1.29, 1.82) is 0 Å². The van der Waals surface area contributed by atoms with E-state index < -0.39 is 30.4 Å². The van der Waals surface area contributed by atoms with Gasteiger partial charge in [-0.15, -0.1) is 0 Å². The van der Waals surface area contributed by atoms with Crippen molar-refractivity contribution in [3.05, 3.63) is 0 Å². The number of carbonyl (C=O) groups excluding carboxylic acids is 1. The smallest absolute Gasteiger partial charge is 0.323 e. The molecule has 0 unspecified atom stereocenters. The fourth-order valence-corrected chi connectivity index (χ4v) is 3.93. The summed E-state index contributed by atoms with van der Waals surface area (Å²) < 4.78 is 0. The first kappa shape index (κ1) is 35.5. The van der Waals surface area contributed by atoms with Gasteiger partial charge in [-0.25, -0.2) is 0 Å². The third-order valence-electron chi connectivity index (χ3n) is 5.63. The number of hydrogen-bond acceptors (Lipinski definition) is 9. The van der Waals surface area contributed by atoms with Gasteiger partial charge in [-0.1, -0.05) is 13.8 Å². The molecule has 0 bridgehead atoms. The summed E-state index contributed by atoms with van der Waals surface area (Å²) in [7, 11) is 0. The number of carbonyl (C=O) groups is 5. The number of aliphatic carboxylic acids is 4. The maximum absolute atomic E-state index is 13.0. The molecule has 15 heteroatoms. The van der Waals surface area contributed by atoms with Crippen LogP contribution in [-0.4, -0.2) is 166 Å². The van der Waals surface area contributed by atoms with Gasteiger partial charge in [0.1, 0.15) is 6.54 Å². The third-order valence-corrected chi connectivity index (χ3v) is 5.63. The second-order valence-corrected chi connectivity index (χ2v) is 9.35. The molecule has 1 amide bonds. The van der Waals surface area contributed by atoms with Crippen LogP contribution < -0.4 is 0 Å². The molecular formula is C22H39GdN5O9. The number of hydrogen-bond donors (Lipinski definition) is 4. The van der Waals surface area contributed by atoms with E-state index >= 15 is 0 Å². The van der Waals surface area contributed by atoms with E-state index in [2.05, 4.69) is 0 Å². The second-order valence-electron chi connectivity index (χ2n) is 9.35. The van der Waals surface area contributed by atoms with Gasteiger partial charge in [-0.05, 0) is 5.92 Å². The van der Waals surface area contributed by atoms with Gasteiger partial charge in [0.05, 0.1) is 26.2 Å². The van der Waals surface area contributed by atoms with Crippen LogP contribution in [0.15, 0.2) is 0 Å². The van der Waals surface area contributed by atoms with Crippen molar-refractivity contribution in [3.8, 4) is 0 Å². The van der Waals surface area contributed by atoms with Crippen LogP contribution >= 0.6 is 0 Å². The van der Waals surface area contributed by atoms with Gasteiger partial charge >= 0.3 is 23.9 Å². The average molecular weight is 675 g/mol. The van der Waals surface area contributed by atoms with Crippen molar-refractivity contribution >= 4 is 29.8 Å². The molecule has 1 rings (SSSR count). The fraction of sp³-hybridized carbons (Fsp3) is 0.773. The molecule has 37 heavy (non-hydrogen) atoms. The maximum Gasteiger partial charge on any atom is 0.323 e. The molecular weight excluding hydrogens is 636 g/mol. The first-order chi connectivity index (χ1) is 16.8. The quantitative estimate of drug-likeness (QED) is 0.179. The Morgan fingerprint density at radius 3 is 1.14 bits per heavy atom. The Labute approximate surface area is 248 Å². The predicted molar refractivity (Wildman–Crippen MR) is 128 cm³/mol. The van der Waals surface area contributed by atoms with Crippen LogP contribution in [0.4, 0.5) is 0 Å². The van der Waals surface area contributed by atoms with E-state index in [1.165, 1.54) is 4.90 Å². The molecule has 214 valence electrons. The predicted octanol–water partition coefficient (Wildman–Crippen LogP) is -1.97. The molecule has 1 heterocycles. The molecule has 0 atom stereocenters. The van der Waals surface area contributed by atoms with Gasteiger partial charge in [-0.3, -0.25) is 43.6 Å². The standard InChI is InChI=1S/C22H39N5O9.Gd/c1-17(2)11-27(16-22(35)36)18(28)12-23-3-5-24(13-19(29)30)7-9-26(15-21(33)34)10-8-25(6-4-23)14-20(31)32;/h17H,3-16H2,1-2H3,(H,29,30)(H,31,32)(H,33,34)(H,35,36);. The SMILES string of the molecule is CC(C)CN(CC(=O)O)C(=O)CN1CCN(CC(=O)O)CCN(CC(=O)O)CCN(CC(=O)O)CC1.[Gd]. The topological polar surface area (TPSA) is 182 Å². The van der Waals surface area contributed by atoms with Gasteiger partial charge in [0, 0.05) is 98.8 Å². The second kappa shape index (κ2) is 18.7. The Balaban J connectivity index is 0.0000130. The van der Waals surface area contributed by atoms with Crippen LogP contribution in [0.5, 0.6) is 0 Å². The largest absolute Gasteiger partial charge is 0.480 e. The summed E-state index contributed by atoms with van der Waals surface area (Å²) in [6.07, 6.45) is 0. The minimum atomic E-state index is -1.12. The van der Waals surface area contributed by atoms with Crippen LogP contribution in [-0.2, 0) is 24.0 Å². The summed E-state index contributed by atoms with van der Waals surface area (Å²) in [5, 5.41) is 37.0. The first-order valence-electron chi connectivity index (χ1n) is 11.9. The van der Waals surface area contributed by atoms with Crippen LogP contribution in [0, 0.1) is 45.9 Å². The van der Waals surface area contributed by atoms with E-state index in [0.717, 1.165) is 0 Å². The summed E-state index contributed by atoms with van der Waals surface area (Å²) in [4.78, 5) is 66.2. The van der Waals surface area contributed by atoms with Gasteiger partial charge in [0.2, 0.25) is 5.91 Å². The monoisotopic (exact) mass is 675 g/mol. The summed E-state index contributed by atoms with van der Waals surface area (Å²) in [5.41, 5.74) is 0. The number of carboxylic acids is 4. The van der Waals surface area contributed by atoms with Gasteiger partial charge in [0.25, 0.3) is 0 Å². The molecule has 1 aliphatic rings. The Morgan fingerprint density at radius 2 is 0.892 bits per heavy atom. The van der Waals surface area contributed by atoms with Crippen molar-refractivity contribution in [1.82, 2.24) is 24.5 Å². The molecule has 0 aromatic rings. The van der Waals surface area contributed by atoms with E-state index in [-0.39, 0.29) is 124 Å². The van der Waals surface area contributed by atoms with Gasteiger partial charge in [0.15, 0.2) is 0 Å². The Hall–Kier alpha value is -1.49. The van der Waals surface area contributed by atoms with Crippen molar-refractivity contribution in [3.63, 3.8) is 0 Å². The van der Waals surface area contributed by atoms with E-state index in [9.17, 15) is 44.4 Å². The summed E-state index contributed by atoms with van der Waals surface area (Å²) >= 11 is 0. The normalized spacial score (nSPS) is 17.3. The number of rotatable bonds is 12. The van der Waals surface area contributed by atoms with Crippen LogP contribution in [0.2, 0.25) is 0 Å². The average Bonchev–Trinajstić information content (AvgIpc) is 2.73. The number of carboxylic acid groups (broad SMARTS) is 4. The van der Waals surface area contributed by atoms with Gasteiger partial charge in [-0.2, -0.15) is 0 Å². The molecule has 0 aromatic carbocycles. The van der Waals surface area contributed by atoms with E-state index in [1.807, 2.05) is 13.8 Å². The molecule has 0 spiro atoms. The zero-order valence-corrected chi connectivity index (χ0v) is 23.7. The zero-order chi connectivity index (χ0) is 27.3. The van der Waals surface area contributed by atoms with Crippen LogP contribution in [0.1, 0.15) is 13.8 Å². The van der Waals surface area contributed by atoms with Gasteiger partial charge < -0.3 is 25.3 Å². The molecule has 14 nitrogen and oxygen atoms in total. The molecule has 1 aliphatic heterocycles. The minimum absolute atomic E-state index is 0. The van der Waals surface area contributed by atoms with E-state index in [1.54, 1.807) is 19.6 Å². The van der Waals surface area contributed by atoms with Crippen LogP contribution in [0.25, 0.3) is 0 Å². The molecule has 0 radical (unpaired) electrons. The number of nitrogens with zero attached hydrogens (tertiary/aromatic N) is 5.